The van der Waals surface area contributed by atoms with Gasteiger partial charge in [0, 0.05) is 6.54 Å². The van der Waals surface area contributed by atoms with Gasteiger partial charge in [0.25, 0.3) is 0 Å². The van der Waals surface area contributed by atoms with E-state index in [-0.39, 0.29) is 12.5 Å². The first-order valence-corrected chi connectivity index (χ1v) is 7.65. The number of rotatable bonds is 13. The number of unbranched alkanes of at least 4 members (excludes halogenated alkanes) is 9. The highest BCUT2D eigenvalue weighted by Crippen LogP contribution is 2.13. The molecule has 0 aliphatic rings. The number of hydrogen-bond donors (Lipinski definition) is 2. The van der Waals surface area contributed by atoms with E-state index in [0.29, 0.717) is 0 Å². The summed E-state index contributed by atoms with van der Waals surface area (Å²) in [6, 6.07) is 0. The Morgan fingerprint density at radius 3 is 1.78 bits per heavy atom. The van der Waals surface area contributed by atoms with Crippen molar-refractivity contribution in [1.29, 1.82) is 0 Å². The van der Waals surface area contributed by atoms with E-state index in [1.54, 1.807) is 0 Å². The van der Waals surface area contributed by atoms with Crippen LogP contribution in [0.15, 0.2) is 0 Å². The summed E-state index contributed by atoms with van der Waals surface area (Å²) in [5.41, 5.74) is 5.41. The van der Waals surface area contributed by atoms with Crippen molar-refractivity contribution in [2.24, 2.45) is 11.7 Å². The molecule has 0 heterocycles. The van der Waals surface area contributed by atoms with Crippen LogP contribution in [0.3, 0.4) is 0 Å². The van der Waals surface area contributed by atoms with Gasteiger partial charge in [0.2, 0.25) is 0 Å². The fraction of sp³-hybridized carbons (Fsp3) is 0.933. The summed E-state index contributed by atoms with van der Waals surface area (Å²) >= 11 is 0. The van der Waals surface area contributed by atoms with E-state index >= 15 is 0 Å². The third kappa shape index (κ3) is 10.6. The molecule has 0 spiro atoms. The maximum absolute atomic E-state index is 10.7. The number of aliphatic carboxylic acids is 1. The summed E-state index contributed by atoms with van der Waals surface area (Å²) < 4.78 is 0. The third-order valence-corrected chi connectivity index (χ3v) is 3.54. The SMILES string of the molecule is CCCCCCCCCCCCC(CN)C(=O)O. The van der Waals surface area contributed by atoms with Crippen LogP contribution in [0.4, 0.5) is 0 Å². The van der Waals surface area contributed by atoms with Crippen LogP contribution in [-0.2, 0) is 4.79 Å². The summed E-state index contributed by atoms with van der Waals surface area (Å²) in [6.45, 7) is 2.51. The topological polar surface area (TPSA) is 63.3 Å². The molecule has 1 atom stereocenters. The van der Waals surface area contributed by atoms with Crippen LogP contribution in [0, 0.1) is 5.92 Å². The van der Waals surface area contributed by atoms with Crippen LogP contribution < -0.4 is 5.73 Å². The maximum atomic E-state index is 10.7. The van der Waals surface area contributed by atoms with Gasteiger partial charge < -0.3 is 10.8 Å². The molecule has 0 aliphatic carbocycles. The van der Waals surface area contributed by atoms with Crippen molar-refractivity contribution >= 4 is 5.97 Å². The molecule has 108 valence electrons. The second-order valence-electron chi connectivity index (χ2n) is 5.24. The van der Waals surface area contributed by atoms with E-state index in [2.05, 4.69) is 6.92 Å². The molecule has 3 heteroatoms. The zero-order valence-corrected chi connectivity index (χ0v) is 12.0. The molecular weight excluding hydrogens is 226 g/mol. The predicted molar refractivity (Wildman–Crippen MR) is 76.6 cm³/mol. The van der Waals surface area contributed by atoms with Crippen molar-refractivity contribution in [3.05, 3.63) is 0 Å². The van der Waals surface area contributed by atoms with Crippen LogP contribution >= 0.6 is 0 Å². The molecule has 0 saturated heterocycles. The number of hydrogen-bond acceptors (Lipinski definition) is 2. The van der Waals surface area contributed by atoms with Crippen LogP contribution in [0.5, 0.6) is 0 Å². The zero-order valence-electron chi connectivity index (χ0n) is 12.0. The smallest absolute Gasteiger partial charge is 0.307 e. The minimum absolute atomic E-state index is 0.271. The molecule has 3 N–H and O–H groups in total. The third-order valence-electron chi connectivity index (χ3n) is 3.54. The van der Waals surface area contributed by atoms with Gasteiger partial charge in [-0.3, -0.25) is 4.79 Å². The molecule has 0 aromatic rings. The van der Waals surface area contributed by atoms with Crippen LogP contribution in [-0.4, -0.2) is 17.6 Å². The fourth-order valence-electron chi connectivity index (χ4n) is 2.22. The largest absolute Gasteiger partial charge is 0.481 e. The van der Waals surface area contributed by atoms with E-state index in [1.165, 1.54) is 51.4 Å². The van der Waals surface area contributed by atoms with Gasteiger partial charge in [-0.05, 0) is 6.42 Å². The lowest BCUT2D eigenvalue weighted by molar-refractivity contribution is -0.141. The van der Waals surface area contributed by atoms with Gasteiger partial charge in [0.15, 0.2) is 0 Å². The highest BCUT2D eigenvalue weighted by molar-refractivity contribution is 5.70. The van der Waals surface area contributed by atoms with E-state index in [0.717, 1.165) is 19.3 Å². The van der Waals surface area contributed by atoms with Gasteiger partial charge >= 0.3 is 5.97 Å². The maximum Gasteiger partial charge on any atom is 0.307 e. The average molecular weight is 257 g/mol. The van der Waals surface area contributed by atoms with Gasteiger partial charge in [-0.1, -0.05) is 71.1 Å². The van der Waals surface area contributed by atoms with E-state index in [4.69, 9.17) is 10.8 Å². The predicted octanol–water partition coefficient (Wildman–Crippen LogP) is 3.96. The normalized spacial score (nSPS) is 12.6. The summed E-state index contributed by atoms with van der Waals surface area (Å²) in [7, 11) is 0. The molecule has 1 unspecified atom stereocenters. The Morgan fingerprint density at radius 2 is 1.39 bits per heavy atom. The molecule has 0 fully saturated rings. The van der Waals surface area contributed by atoms with Crippen LogP contribution in [0.2, 0.25) is 0 Å². The minimum Gasteiger partial charge on any atom is -0.481 e. The molecule has 0 amide bonds. The first-order chi connectivity index (χ1) is 8.72. The molecule has 0 bridgehead atoms. The van der Waals surface area contributed by atoms with E-state index in [1.807, 2.05) is 0 Å². The molecule has 0 radical (unpaired) electrons. The van der Waals surface area contributed by atoms with Crippen molar-refractivity contribution in [3.8, 4) is 0 Å². The molecule has 0 saturated carbocycles. The van der Waals surface area contributed by atoms with Gasteiger partial charge in [0.05, 0.1) is 5.92 Å². The lowest BCUT2D eigenvalue weighted by Crippen LogP contribution is -2.23. The Kier molecular flexibility index (Phi) is 12.5. The highest BCUT2D eigenvalue weighted by Gasteiger charge is 2.13. The second-order valence-corrected chi connectivity index (χ2v) is 5.24. The van der Waals surface area contributed by atoms with Crippen LogP contribution in [0.25, 0.3) is 0 Å². The van der Waals surface area contributed by atoms with Gasteiger partial charge in [-0.25, -0.2) is 0 Å². The lowest BCUT2D eigenvalue weighted by Gasteiger charge is -2.08. The molecule has 0 rings (SSSR count). The Bertz CT molecular complexity index is 195. The molecule has 18 heavy (non-hydrogen) atoms. The fourth-order valence-corrected chi connectivity index (χ4v) is 2.22. The van der Waals surface area contributed by atoms with Gasteiger partial charge in [0.1, 0.15) is 0 Å². The summed E-state index contributed by atoms with van der Waals surface area (Å²) in [6.07, 6.45) is 13.6. The molecule has 0 aliphatic heterocycles. The van der Waals surface area contributed by atoms with Crippen molar-refractivity contribution in [2.45, 2.75) is 77.6 Å². The zero-order chi connectivity index (χ0) is 13.6. The quantitative estimate of drug-likeness (QED) is 0.491. The number of carboxylic acids is 1. The van der Waals surface area contributed by atoms with Crippen molar-refractivity contribution in [3.63, 3.8) is 0 Å². The summed E-state index contributed by atoms with van der Waals surface area (Å²) in [4.78, 5) is 10.7. The Hall–Kier alpha value is -0.570. The van der Waals surface area contributed by atoms with Crippen molar-refractivity contribution < 1.29 is 9.90 Å². The van der Waals surface area contributed by atoms with E-state index in [9.17, 15) is 4.79 Å². The molecule has 0 aromatic carbocycles. The Labute approximate surface area is 112 Å². The number of carboxylic acid groups (broad SMARTS) is 1. The average Bonchev–Trinajstić information content (AvgIpc) is 2.35. The Balaban J connectivity index is 3.18. The highest BCUT2D eigenvalue weighted by atomic mass is 16.4. The summed E-state index contributed by atoms with van der Waals surface area (Å²) in [5.74, 6) is -1.08. The Morgan fingerprint density at radius 1 is 0.944 bits per heavy atom. The molecular formula is C15H31NO2. The minimum atomic E-state index is -0.742. The van der Waals surface area contributed by atoms with Gasteiger partial charge in [-0.2, -0.15) is 0 Å². The summed E-state index contributed by atoms with van der Waals surface area (Å²) in [5, 5.41) is 8.84. The van der Waals surface area contributed by atoms with Crippen molar-refractivity contribution in [2.75, 3.05) is 6.54 Å². The molecule has 0 aromatic heterocycles. The second kappa shape index (κ2) is 12.9. The monoisotopic (exact) mass is 257 g/mol. The van der Waals surface area contributed by atoms with Crippen LogP contribution in [0.1, 0.15) is 77.6 Å². The van der Waals surface area contributed by atoms with Crippen molar-refractivity contribution in [1.82, 2.24) is 0 Å². The van der Waals surface area contributed by atoms with Gasteiger partial charge in [-0.15, -0.1) is 0 Å². The molecule has 3 nitrogen and oxygen atoms in total. The first kappa shape index (κ1) is 17.4. The van der Waals surface area contributed by atoms with E-state index < -0.39 is 5.97 Å². The number of nitrogens with two attached hydrogens (primary N) is 1. The standard InChI is InChI=1S/C15H31NO2/c1-2-3-4-5-6-7-8-9-10-11-12-14(13-16)15(17)18/h14H,2-13,16H2,1H3,(H,17,18). The first-order valence-electron chi connectivity index (χ1n) is 7.65. The lowest BCUT2D eigenvalue weighted by atomic mass is 10.00. The number of carbonyl (C=O) groups is 1.